The Labute approximate surface area is 158 Å². The molecule has 0 saturated carbocycles. The van der Waals surface area contributed by atoms with Gasteiger partial charge in [0.05, 0.1) is 23.1 Å². The number of hydrogen-bond acceptors (Lipinski definition) is 3. The van der Waals surface area contributed by atoms with Crippen molar-refractivity contribution in [3.8, 4) is 0 Å². The fraction of sp³-hybridized carbons (Fsp3) is 0.150. The highest BCUT2D eigenvalue weighted by molar-refractivity contribution is 6.05. The molecule has 142 valence electrons. The smallest absolute Gasteiger partial charge is 0.320 e. The third-order valence-corrected chi connectivity index (χ3v) is 4.57. The Morgan fingerprint density at radius 3 is 2.68 bits per heavy atom. The van der Waals surface area contributed by atoms with Gasteiger partial charge in [-0.05, 0) is 18.2 Å². The van der Waals surface area contributed by atoms with Crippen molar-refractivity contribution in [3.63, 3.8) is 0 Å². The standard InChI is InChI=1S/C20H16F2N4O2/c1-25(11-17-23-15-8-4-5-9-16(15)26(17)20(21)22)19(28)13-10-18(27)24-14-7-3-2-6-12(13)14/h2-10,20H,11H2,1H3,(H,24,27). The van der Waals surface area contributed by atoms with E-state index in [1.807, 2.05) is 0 Å². The fourth-order valence-corrected chi connectivity index (χ4v) is 3.29. The highest BCUT2D eigenvalue weighted by atomic mass is 19.3. The molecule has 4 rings (SSSR count). The Bertz CT molecular complexity index is 1250. The van der Waals surface area contributed by atoms with Crippen molar-refractivity contribution in [2.75, 3.05) is 7.05 Å². The zero-order valence-corrected chi connectivity index (χ0v) is 14.9. The predicted octanol–water partition coefficient (Wildman–Crippen LogP) is 3.55. The minimum Gasteiger partial charge on any atom is -0.334 e. The van der Waals surface area contributed by atoms with Crippen LogP contribution in [0.5, 0.6) is 0 Å². The van der Waals surface area contributed by atoms with Gasteiger partial charge in [-0.1, -0.05) is 30.3 Å². The minimum atomic E-state index is -2.79. The largest absolute Gasteiger partial charge is 0.334 e. The van der Waals surface area contributed by atoms with Gasteiger partial charge in [0.15, 0.2) is 0 Å². The van der Waals surface area contributed by atoms with Gasteiger partial charge in [0.25, 0.3) is 5.91 Å². The molecule has 2 aromatic heterocycles. The lowest BCUT2D eigenvalue weighted by molar-refractivity contribution is 0.0647. The molecule has 0 unspecified atom stereocenters. The van der Waals surface area contributed by atoms with E-state index in [4.69, 9.17) is 0 Å². The minimum absolute atomic E-state index is 0.0706. The number of H-pyrrole nitrogens is 1. The summed E-state index contributed by atoms with van der Waals surface area (Å²) in [5, 5.41) is 0.585. The summed E-state index contributed by atoms with van der Waals surface area (Å²) in [6.45, 7) is -2.91. The van der Waals surface area contributed by atoms with E-state index in [1.165, 1.54) is 18.0 Å². The van der Waals surface area contributed by atoms with E-state index in [-0.39, 0.29) is 17.9 Å². The monoisotopic (exact) mass is 382 g/mol. The van der Waals surface area contributed by atoms with Gasteiger partial charge in [-0.2, -0.15) is 8.78 Å². The molecule has 0 radical (unpaired) electrons. The van der Waals surface area contributed by atoms with Gasteiger partial charge in [0, 0.05) is 24.0 Å². The van der Waals surface area contributed by atoms with E-state index in [0.29, 0.717) is 21.9 Å². The zero-order valence-electron chi connectivity index (χ0n) is 14.9. The molecule has 0 atom stereocenters. The molecule has 0 bridgehead atoms. The molecule has 1 N–H and O–H groups in total. The number of hydrogen-bond donors (Lipinski definition) is 1. The quantitative estimate of drug-likeness (QED) is 0.587. The summed E-state index contributed by atoms with van der Waals surface area (Å²) < 4.78 is 28.0. The van der Waals surface area contributed by atoms with Crippen molar-refractivity contribution < 1.29 is 13.6 Å². The van der Waals surface area contributed by atoms with E-state index in [1.54, 1.807) is 48.5 Å². The number of amides is 1. The lowest BCUT2D eigenvalue weighted by atomic mass is 10.1. The molecule has 6 nitrogen and oxygen atoms in total. The van der Waals surface area contributed by atoms with Crippen molar-refractivity contribution >= 4 is 27.8 Å². The first-order valence-corrected chi connectivity index (χ1v) is 8.57. The van der Waals surface area contributed by atoms with Crippen molar-refractivity contribution in [1.82, 2.24) is 19.4 Å². The second-order valence-corrected chi connectivity index (χ2v) is 6.42. The maximum Gasteiger partial charge on any atom is 0.320 e. The average Bonchev–Trinajstić information content (AvgIpc) is 3.04. The fourth-order valence-electron chi connectivity index (χ4n) is 3.29. The van der Waals surface area contributed by atoms with Crippen LogP contribution in [0, 0.1) is 0 Å². The number of para-hydroxylation sites is 3. The van der Waals surface area contributed by atoms with Gasteiger partial charge in [-0.15, -0.1) is 0 Å². The summed E-state index contributed by atoms with van der Waals surface area (Å²) >= 11 is 0. The van der Waals surface area contributed by atoms with E-state index < -0.39 is 18.0 Å². The van der Waals surface area contributed by atoms with Gasteiger partial charge < -0.3 is 9.88 Å². The first-order valence-electron chi connectivity index (χ1n) is 8.57. The summed E-state index contributed by atoms with van der Waals surface area (Å²) in [5.74, 6) is -0.378. The number of carbonyl (C=O) groups is 1. The zero-order chi connectivity index (χ0) is 19.8. The van der Waals surface area contributed by atoms with Gasteiger partial charge in [0.1, 0.15) is 5.82 Å². The summed E-state index contributed by atoms with van der Waals surface area (Å²) in [7, 11) is 1.49. The molecule has 2 heterocycles. The lowest BCUT2D eigenvalue weighted by Crippen LogP contribution is -2.29. The maximum absolute atomic E-state index is 13.6. The SMILES string of the molecule is CN(Cc1nc2ccccc2n1C(F)F)C(=O)c1cc(=O)[nH]c2ccccc12. The Kier molecular flexibility index (Phi) is 4.38. The number of imidazole rings is 1. The van der Waals surface area contributed by atoms with Crippen LogP contribution in [0.3, 0.4) is 0 Å². The number of aromatic amines is 1. The van der Waals surface area contributed by atoms with Crippen LogP contribution in [0.25, 0.3) is 21.9 Å². The Morgan fingerprint density at radius 2 is 1.89 bits per heavy atom. The molecular weight excluding hydrogens is 366 g/mol. The normalized spacial score (nSPS) is 11.4. The van der Waals surface area contributed by atoms with Crippen molar-refractivity contribution in [2.45, 2.75) is 13.1 Å². The number of nitrogens with one attached hydrogen (secondary N) is 1. The number of benzene rings is 2. The van der Waals surface area contributed by atoms with E-state index in [2.05, 4.69) is 9.97 Å². The third kappa shape index (κ3) is 3.02. The Balaban J connectivity index is 1.73. The van der Waals surface area contributed by atoms with E-state index in [0.717, 1.165) is 4.57 Å². The Morgan fingerprint density at radius 1 is 1.18 bits per heavy atom. The first-order chi connectivity index (χ1) is 13.5. The second kappa shape index (κ2) is 6.88. The molecule has 4 aromatic rings. The highest BCUT2D eigenvalue weighted by Gasteiger charge is 2.22. The van der Waals surface area contributed by atoms with Crippen LogP contribution in [0.4, 0.5) is 8.78 Å². The van der Waals surface area contributed by atoms with Gasteiger partial charge in [0.2, 0.25) is 5.56 Å². The molecule has 0 saturated heterocycles. The van der Waals surface area contributed by atoms with Crippen LogP contribution in [-0.2, 0) is 6.54 Å². The van der Waals surface area contributed by atoms with Crippen molar-refractivity contribution in [1.29, 1.82) is 0 Å². The van der Waals surface area contributed by atoms with Crippen molar-refractivity contribution in [2.24, 2.45) is 0 Å². The first kappa shape index (κ1) is 17.8. The third-order valence-electron chi connectivity index (χ3n) is 4.57. The molecule has 0 spiro atoms. The van der Waals surface area contributed by atoms with Crippen LogP contribution in [0.15, 0.2) is 59.4 Å². The molecule has 2 aromatic carbocycles. The maximum atomic E-state index is 13.6. The summed E-state index contributed by atoms with van der Waals surface area (Å²) in [4.78, 5) is 33.1. The van der Waals surface area contributed by atoms with Crippen LogP contribution in [-0.4, -0.2) is 32.4 Å². The number of aromatic nitrogens is 3. The molecular formula is C20H16F2N4O2. The number of fused-ring (bicyclic) bond motifs is 2. The van der Waals surface area contributed by atoms with Crippen LogP contribution < -0.4 is 5.56 Å². The lowest BCUT2D eigenvalue weighted by Gasteiger charge is -2.18. The molecule has 0 fully saturated rings. The van der Waals surface area contributed by atoms with Crippen molar-refractivity contribution in [3.05, 3.63) is 76.3 Å². The summed E-state index contributed by atoms with van der Waals surface area (Å²) in [6, 6.07) is 14.7. The van der Waals surface area contributed by atoms with Crippen LogP contribution >= 0.6 is 0 Å². The second-order valence-electron chi connectivity index (χ2n) is 6.42. The highest BCUT2D eigenvalue weighted by Crippen LogP contribution is 2.24. The topological polar surface area (TPSA) is 71.0 Å². The van der Waals surface area contributed by atoms with E-state index in [9.17, 15) is 18.4 Å². The predicted molar refractivity (Wildman–Crippen MR) is 101 cm³/mol. The summed E-state index contributed by atoms with van der Waals surface area (Å²) in [5.41, 5.74) is 1.07. The molecule has 0 aliphatic rings. The van der Waals surface area contributed by atoms with Crippen LogP contribution in [0.1, 0.15) is 22.7 Å². The number of pyridine rings is 1. The number of rotatable bonds is 4. The molecule has 0 aliphatic heterocycles. The molecule has 0 aliphatic carbocycles. The number of alkyl halides is 2. The Hall–Kier alpha value is -3.55. The van der Waals surface area contributed by atoms with Gasteiger partial charge >= 0.3 is 6.55 Å². The molecule has 1 amide bonds. The van der Waals surface area contributed by atoms with Gasteiger partial charge in [-0.25, -0.2) is 4.98 Å². The summed E-state index contributed by atoms with van der Waals surface area (Å²) in [6.07, 6.45) is 0. The van der Waals surface area contributed by atoms with Gasteiger partial charge in [-0.3, -0.25) is 14.2 Å². The number of halogens is 2. The molecule has 8 heteroatoms. The van der Waals surface area contributed by atoms with Crippen LogP contribution in [0.2, 0.25) is 0 Å². The average molecular weight is 382 g/mol. The molecule has 28 heavy (non-hydrogen) atoms. The number of nitrogens with zero attached hydrogens (tertiary/aromatic N) is 3. The number of carbonyl (C=O) groups excluding carboxylic acids is 1. The van der Waals surface area contributed by atoms with E-state index >= 15 is 0 Å².